The first-order chi connectivity index (χ1) is 40.0. The second kappa shape index (κ2) is 71.1. The van der Waals surface area contributed by atoms with Crippen molar-refractivity contribution in [1.82, 2.24) is 5.32 Å². The minimum Gasteiger partial charge on any atom is -0.466 e. The van der Waals surface area contributed by atoms with Gasteiger partial charge in [-0.25, -0.2) is 0 Å². The Morgan fingerprint density at radius 1 is 0.333 bits per heavy atom. The molecule has 0 aliphatic carbocycles. The first-order valence-corrected chi connectivity index (χ1v) is 37.4. The molecule has 1 amide bonds. The molecule has 0 fully saturated rings. The molecule has 0 aromatic heterocycles. The van der Waals surface area contributed by atoms with E-state index < -0.39 is 12.1 Å². The van der Waals surface area contributed by atoms with Crippen LogP contribution in [0.4, 0.5) is 0 Å². The van der Waals surface area contributed by atoms with E-state index in [2.05, 4.69) is 31.3 Å². The first-order valence-electron chi connectivity index (χ1n) is 37.4. The van der Waals surface area contributed by atoms with Gasteiger partial charge in [0.1, 0.15) is 0 Å². The number of amides is 1. The van der Waals surface area contributed by atoms with Crippen LogP contribution in [0.2, 0.25) is 0 Å². The number of esters is 1. The van der Waals surface area contributed by atoms with Crippen molar-refractivity contribution in [2.24, 2.45) is 0 Å². The Morgan fingerprint density at radius 3 is 0.877 bits per heavy atom. The van der Waals surface area contributed by atoms with E-state index in [0.717, 1.165) is 38.5 Å². The molecule has 0 aliphatic heterocycles. The van der Waals surface area contributed by atoms with Gasteiger partial charge in [-0.1, -0.05) is 379 Å². The third-order valence-electron chi connectivity index (χ3n) is 17.8. The topological polar surface area (TPSA) is 95.9 Å². The Balaban J connectivity index is 3.40. The molecule has 0 spiro atoms. The van der Waals surface area contributed by atoms with Gasteiger partial charge in [0.25, 0.3) is 0 Å². The number of carbonyl (C=O) groups is 2. The maximum atomic E-state index is 12.6. The summed E-state index contributed by atoms with van der Waals surface area (Å²) in [6, 6.07) is -0.548. The number of ether oxygens (including phenoxy) is 1. The Hall–Kier alpha value is -1.40. The van der Waals surface area contributed by atoms with Crippen LogP contribution in [0.25, 0.3) is 0 Å². The van der Waals surface area contributed by atoms with E-state index in [1.165, 1.54) is 360 Å². The maximum Gasteiger partial charge on any atom is 0.305 e. The lowest BCUT2D eigenvalue weighted by Gasteiger charge is -2.22. The minimum absolute atomic E-state index is 0.0142. The van der Waals surface area contributed by atoms with E-state index in [4.69, 9.17) is 4.74 Å². The zero-order valence-electron chi connectivity index (χ0n) is 55.3. The fraction of sp³-hybridized carbons (Fsp3) is 0.947. The predicted octanol–water partition coefficient (Wildman–Crippen LogP) is 24.3. The maximum absolute atomic E-state index is 12.6. The number of aliphatic hydroxyl groups excluding tert-OH is 2. The average molecular weight is 1140 g/mol. The number of allylic oxidation sites excluding steroid dienone is 2. The lowest BCUT2D eigenvalue weighted by molar-refractivity contribution is -0.143. The SMILES string of the molecule is CCCCCCCCCCCCCCCCCCCCCCCCCCCC(O)C(CO)NC(=O)CCCCCCCCC/C=C\CCCCCCCCCCCCOC(=O)CCCCCCCCCCCCCCCCCCCC. The van der Waals surface area contributed by atoms with Crippen LogP contribution in [-0.4, -0.2) is 47.4 Å². The summed E-state index contributed by atoms with van der Waals surface area (Å²) in [6.07, 6.45) is 88.4. The van der Waals surface area contributed by atoms with Crippen LogP contribution >= 0.6 is 0 Å². The Bertz CT molecular complexity index is 1220. The molecule has 2 atom stereocenters. The van der Waals surface area contributed by atoms with Crippen molar-refractivity contribution in [3.05, 3.63) is 12.2 Å². The van der Waals surface area contributed by atoms with Gasteiger partial charge in [0, 0.05) is 12.8 Å². The van der Waals surface area contributed by atoms with Crippen molar-refractivity contribution in [3.63, 3.8) is 0 Å². The molecular formula is C75H147NO5. The summed E-state index contributed by atoms with van der Waals surface area (Å²) in [5.41, 5.74) is 0. The molecule has 6 heteroatoms. The number of unbranched alkanes of at least 4 members (excludes halogenated alkanes) is 58. The van der Waals surface area contributed by atoms with Crippen LogP contribution in [0.5, 0.6) is 0 Å². The highest BCUT2D eigenvalue weighted by molar-refractivity contribution is 5.76. The zero-order valence-corrected chi connectivity index (χ0v) is 55.3. The van der Waals surface area contributed by atoms with E-state index in [9.17, 15) is 19.8 Å². The standard InChI is InChI=1S/C75H147NO5/c1-3-5-7-9-11-13-15-17-19-21-23-24-25-26-27-29-32-35-39-43-47-51-55-59-63-67-73(78)72(71-77)76-74(79)68-64-60-56-52-48-44-40-36-33-30-28-31-34-38-42-46-50-54-58-62-66-70-81-75(80)69-65-61-57-53-49-45-41-37-22-20-18-16-14-12-10-8-6-4-2/h30,33,72-73,77-78H,3-29,31-32,34-71H2,1-2H3,(H,76,79)/b33-30-. The van der Waals surface area contributed by atoms with Crippen LogP contribution in [0, 0.1) is 0 Å². The van der Waals surface area contributed by atoms with Crippen molar-refractivity contribution in [1.29, 1.82) is 0 Å². The molecule has 0 saturated carbocycles. The van der Waals surface area contributed by atoms with Crippen LogP contribution in [0.3, 0.4) is 0 Å². The summed E-state index contributed by atoms with van der Waals surface area (Å²) in [6.45, 7) is 5.00. The largest absolute Gasteiger partial charge is 0.466 e. The van der Waals surface area contributed by atoms with Gasteiger partial charge in [0.05, 0.1) is 25.4 Å². The monoisotopic (exact) mass is 1140 g/mol. The van der Waals surface area contributed by atoms with Gasteiger partial charge >= 0.3 is 5.97 Å². The van der Waals surface area contributed by atoms with E-state index in [-0.39, 0.29) is 18.5 Å². The van der Waals surface area contributed by atoms with Gasteiger partial charge in [-0.3, -0.25) is 9.59 Å². The zero-order chi connectivity index (χ0) is 58.5. The lowest BCUT2D eigenvalue weighted by atomic mass is 10.0. The molecule has 0 aromatic rings. The summed E-state index contributed by atoms with van der Waals surface area (Å²) < 4.78 is 5.51. The third kappa shape index (κ3) is 67.6. The molecule has 2 unspecified atom stereocenters. The minimum atomic E-state index is -0.670. The quantitative estimate of drug-likeness (QED) is 0.0320. The molecule has 482 valence electrons. The third-order valence-corrected chi connectivity index (χ3v) is 17.8. The molecule has 0 aliphatic rings. The molecular weight excluding hydrogens is 995 g/mol. The van der Waals surface area contributed by atoms with Crippen molar-refractivity contribution in [3.8, 4) is 0 Å². The van der Waals surface area contributed by atoms with Gasteiger partial charge in [0.2, 0.25) is 5.91 Å². The Labute approximate surface area is 508 Å². The molecule has 6 nitrogen and oxygen atoms in total. The number of carbonyl (C=O) groups excluding carboxylic acids is 2. The van der Waals surface area contributed by atoms with Crippen LogP contribution in [0.1, 0.15) is 431 Å². The highest BCUT2D eigenvalue weighted by atomic mass is 16.5. The second-order valence-electron chi connectivity index (χ2n) is 26.0. The molecule has 3 N–H and O–H groups in total. The Morgan fingerprint density at radius 2 is 0.580 bits per heavy atom. The summed E-state index contributed by atoms with van der Waals surface area (Å²) in [4.78, 5) is 24.7. The van der Waals surface area contributed by atoms with E-state index in [0.29, 0.717) is 25.9 Å². The fourth-order valence-electron chi connectivity index (χ4n) is 12.1. The van der Waals surface area contributed by atoms with Crippen molar-refractivity contribution in [2.75, 3.05) is 13.2 Å². The summed E-state index contributed by atoms with van der Waals surface area (Å²) in [5.74, 6) is -0.0228. The second-order valence-corrected chi connectivity index (χ2v) is 26.0. The van der Waals surface area contributed by atoms with Gasteiger partial charge in [0.15, 0.2) is 0 Å². The molecule has 0 saturated heterocycles. The van der Waals surface area contributed by atoms with Crippen LogP contribution in [-0.2, 0) is 14.3 Å². The summed E-state index contributed by atoms with van der Waals surface area (Å²) in [5, 5.41) is 23.5. The first kappa shape index (κ1) is 79.6. The number of aliphatic hydroxyl groups is 2. The van der Waals surface area contributed by atoms with Crippen molar-refractivity contribution < 1.29 is 24.5 Å². The van der Waals surface area contributed by atoms with E-state index in [1.807, 2.05) is 0 Å². The Kier molecular flexibility index (Phi) is 69.9. The van der Waals surface area contributed by atoms with Crippen LogP contribution in [0.15, 0.2) is 12.2 Å². The lowest BCUT2D eigenvalue weighted by Crippen LogP contribution is -2.45. The normalized spacial score (nSPS) is 12.5. The number of rotatable bonds is 71. The van der Waals surface area contributed by atoms with Gasteiger partial charge in [-0.05, 0) is 51.4 Å². The molecule has 0 radical (unpaired) electrons. The average Bonchev–Trinajstić information content (AvgIpc) is 3.47. The van der Waals surface area contributed by atoms with E-state index >= 15 is 0 Å². The van der Waals surface area contributed by atoms with Gasteiger partial charge < -0.3 is 20.3 Å². The predicted molar refractivity (Wildman–Crippen MR) is 357 cm³/mol. The molecule has 0 aromatic carbocycles. The van der Waals surface area contributed by atoms with Crippen molar-refractivity contribution >= 4 is 11.9 Å². The summed E-state index contributed by atoms with van der Waals surface area (Å²) in [7, 11) is 0. The van der Waals surface area contributed by atoms with E-state index in [1.54, 1.807) is 0 Å². The highest BCUT2D eigenvalue weighted by Crippen LogP contribution is 2.20. The van der Waals surface area contributed by atoms with Crippen molar-refractivity contribution in [2.45, 2.75) is 443 Å². The number of hydrogen-bond acceptors (Lipinski definition) is 5. The number of hydrogen-bond donors (Lipinski definition) is 3. The molecule has 0 rings (SSSR count). The molecule has 0 heterocycles. The van der Waals surface area contributed by atoms with Gasteiger partial charge in [-0.15, -0.1) is 0 Å². The number of nitrogens with one attached hydrogen (secondary N) is 1. The summed E-state index contributed by atoms with van der Waals surface area (Å²) >= 11 is 0. The smallest absolute Gasteiger partial charge is 0.305 e. The highest BCUT2D eigenvalue weighted by Gasteiger charge is 2.20. The molecule has 0 bridgehead atoms. The fourth-order valence-corrected chi connectivity index (χ4v) is 12.1. The van der Waals surface area contributed by atoms with Gasteiger partial charge in [-0.2, -0.15) is 0 Å². The molecule has 81 heavy (non-hydrogen) atoms. The van der Waals surface area contributed by atoms with Crippen LogP contribution < -0.4 is 5.32 Å².